The zero-order valence-corrected chi connectivity index (χ0v) is 20.3. The van der Waals surface area contributed by atoms with Crippen molar-refractivity contribution in [3.63, 3.8) is 0 Å². The molecule has 2 rings (SSSR count). The van der Waals surface area contributed by atoms with E-state index in [4.69, 9.17) is 9.47 Å². The van der Waals surface area contributed by atoms with Crippen LogP contribution in [0.2, 0.25) is 0 Å². The summed E-state index contributed by atoms with van der Waals surface area (Å²) in [4.78, 5) is 15.3. The number of nitrogens with zero attached hydrogens (tertiary/aromatic N) is 2. The van der Waals surface area contributed by atoms with Crippen LogP contribution in [0.4, 0.5) is 0 Å². The van der Waals surface area contributed by atoms with Gasteiger partial charge in [-0.3, -0.25) is 4.79 Å². The van der Waals surface area contributed by atoms with Crippen molar-refractivity contribution in [3.05, 3.63) is 35.9 Å². The van der Waals surface area contributed by atoms with Crippen LogP contribution in [0.25, 0.3) is 16.3 Å². The summed E-state index contributed by atoms with van der Waals surface area (Å²) in [5.41, 5.74) is 8.31. The molecule has 174 valence electrons. The third kappa shape index (κ3) is 5.96. The maximum Gasteiger partial charge on any atom is 0.452 e. The molecule has 0 atom stereocenters. The smallest absolute Gasteiger partial charge is 0.452 e. The van der Waals surface area contributed by atoms with E-state index in [1.807, 2.05) is 6.07 Å². The minimum atomic E-state index is -4.31. The van der Waals surface area contributed by atoms with Crippen LogP contribution in [0.5, 0.6) is 11.5 Å². The molecule has 0 unspecified atom stereocenters. The lowest BCUT2D eigenvalue weighted by molar-refractivity contribution is -0.123. The Morgan fingerprint density at radius 1 is 0.938 bits per heavy atom. The number of Topliss-reactive ketones (excluding diaryl/α,β-unsaturated/α-hetero) is 1. The molecule has 0 amide bonds. The van der Waals surface area contributed by atoms with Gasteiger partial charge in [-0.1, -0.05) is 53.5 Å². The van der Waals surface area contributed by atoms with Crippen molar-refractivity contribution in [1.82, 2.24) is 0 Å². The van der Waals surface area contributed by atoms with Crippen molar-refractivity contribution in [1.29, 1.82) is 0 Å². The predicted octanol–water partition coefficient (Wildman–Crippen LogP) is 5.21. The zero-order chi connectivity index (χ0) is 23.9. The molecule has 0 spiro atoms. The lowest BCUT2D eigenvalue weighted by atomic mass is 9.91. The Hall–Kier alpha value is -2.70. The Bertz CT molecular complexity index is 1130. The van der Waals surface area contributed by atoms with Crippen LogP contribution < -0.4 is 9.47 Å². The number of hydrogen-bond acceptors (Lipinski definition) is 5. The number of ketones is 1. The summed E-state index contributed by atoms with van der Waals surface area (Å²) in [7, 11) is -4.31. The van der Waals surface area contributed by atoms with E-state index >= 15 is 0 Å². The minimum Gasteiger partial charge on any atom is -0.490 e. The molecule has 0 aliphatic rings. The Morgan fingerprint density at radius 2 is 1.47 bits per heavy atom. The lowest BCUT2D eigenvalue weighted by Crippen LogP contribution is -2.34. The fourth-order valence-corrected chi connectivity index (χ4v) is 4.34. The van der Waals surface area contributed by atoms with Gasteiger partial charge < -0.3 is 15.0 Å². The second kappa shape index (κ2) is 10.7. The molecule has 7 nitrogen and oxygen atoms in total. The second-order valence-corrected chi connectivity index (χ2v) is 10.6. The van der Waals surface area contributed by atoms with Crippen molar-refractivity contribution in [2.45, 2.75) is 65.2 Å². The Labute approximate surface area is 190 Å². The average Bonchev–Trinajstić information content (AvgIpc) is 2.73. The zero-order valence-electron chi connectivity index (χ0n) is 19.5. The number of fused-ring (bicyclic) bond motifs is 1. The topological polar surface area (TPSA) is 106 Å². The molecule has 2 aromatic carbocycles. The summed E-state index contributed by atoms with van der Waals surface area (Å²) >= 11 is 0. The molecule has 8 heteroatoms. The largest absolute Gasteiger partial charge is 0.490 e. The van der Waals surface area contributed by atoms with Gasteiger partial charge in [0.15, 0.2) is 11.5 Å². The Balaban J connectivity index is 2.53. The molecule has 0 aromatic heterocycles. The van der Waals surface area contributed by atoms with Crippen LogP contribution in [-0.4, -0.2) is 37.2 Å². The van der Waals surface area contributed by atoms with Crippen molar-refractivity contribution in [2.75, 3.05) is 13.2 Å². The lowest BCUT2D eigenvalue weighted by Gasteiger charge is -2.15. The van der Waals surface area contributed by atoms with Gasteiger partial charge in [0.1, 0.15) is 0 Å². The summed E-state index contributed by atoms with van der Waals surface area (Å²) in [6.07, 6.45) is 3.77. The molecule has 0 radical (unpaired) electrons. The van der Waals surface area contributed by atoms with Gasteiger partial charge in [-0.15, -0.1) is 4.79 Å². The van der Waals surface area contributed by atoms with Gasteiger partial charge in [0.25, 0.3) is 15.6 Å². The van der Waals surface area contributed by atoms with Crippen molar-refractivity contribution >= 4 is 31.4 Å². The number of hydrogen-bond donors (Lipinski definition) is 0. The van der Waals surface area contributed by atoms with Crippen LogP contribution in [0.15, 0.2) is 35.2 Å². The third-order valence-electron chi connectivity index (χ3n) is 4.92. The summed E-state index contributed by atoms with van der Waals surface area (Å²) in [5, 5.41) is 0.507. The summed E-state index contributed by atoms with van der Waals surface area (Å²) < 4.78 is 37.9. The molecule has 0 bridgehead atoms. The first-order valence-corrected chi connectivity index (χ1v) is 12.4. The highest BCUT2D eigenvalue weighted by molar-refractivity contribution is 8.08. The van der Waals surface area contributed by atoms with Crippen LogP contribution >= 0.6 is 0 Å². The van der Waals surface area contributed by atoms with Crippen molar-refractivity contribution in [3.8, 4) is 11.5 Å². The van der Waals surface area contributed by atoms with E-state index in [1.165, 1.54) is 12.1 Å². The number of carbonyl (C=O) groups excluding carboxylic acids is 1. The van der Waals surface area contributed by atoms with Gasteiger partial charge in [0.2, 0.25) is 0 Å². The van der Waals surface area contributed by atoms with Gasteiger partial charge in [-0.25, -0.2) is 8.42 Å². The van der Waals surface area contributed by atoms with Gasteiger partial charge in [-0.2, -0.15) is 0 Å². The number of ether oxygens (including phenoxy) is 2. The average molecular weight is 461 g/mol. The van der Waals surface area contributed by atoms with E-state index in [1.54, 1.807) is 32.9 Å². The van der Waals surface area contributed by atoms with E-state index in [0.29, 0.717) is 30.1 Å². The third-order valence-corrected chi connectivity index (χ3v) is 6.57. The molecule has 0 aliphatic carbocycles. The first kappa shape index (κ1) is 25.6. The van der Waals surface area contributed by atoms with E-state index in [-0.39, 0.29) is 4.90 Å². The molecule has 0 fully saturated rings. The standard InChI is InChI=1S/C24H32N2O5S/c1-6-8-12-30-20-15-17-10-11-19(14-18(17)16-21(20)31-13-9-7-2)32(28,29)23(26-25)22(27)24(3,4)5/h10-11,14-16H,6-9,12-13H2,1-5H3. The number of sulfone groups is 1. The number of unbranched alkanes of at least 4 members (excludes halogenated alkanes) is 2. The normalized spacial score (nSPS) is 11.8. The van der Waals surface area contributed by atoms with Crippen LogP contribution in [0.1, 0.15) is 60.3 Å². The Morgan fingerprint density at radius 3 is 1.94 bits per heavy atom. The van der Waals surface area contributed by atoms with Gasteiger partial charge in [-0.05, 0) is 47.9 Å². The van der Waals surface area contributed by atoms with Gasteiger partial charge in [0.05, 0.1) is 18.1 Å². The quantitative estimate of drug-likeness (QED) is 0.159. The fourth-order valence-electron chi connectivity index (χ4n) is 2.93. The SMILES string of the molecule is CCCCOc1cc2ccc(S(=O)(=O)C(=[N+]=[N-])C(=O)C(C)(C)C)cc2cc1OCCCC. The number of carbonyl (C=O) groups is 1. The van der Waals surface area contributed by atoms with Gasteiger partial charge in [0, 0.05) is 5.41 Å². The van der Waals surface area contributed by atoms with E-state index in [9.17, 15) is 18.7 Å². The van der Waals surface area contributed by atoms with E-state index in [2.05, 4.69) is 18.6 Å². The highest BCUT2D eigenvalue weighted by Crippen LogP contribution is 2.34. The van der Waals surface area contributed by atoms with Crippen LogP contribution in [0.3, 0.4) is 0 Å². The molecule has 0 aliphatic heterocycles. The molecule has 32 heavy (non-hydrogen) atoms. The monoisotopic (exact) mass is 460 g/mol. The minimum absolute atomic E-state index is 0.130. The summed E-state index contributed by atoms with van der Waals surface area (Å²) in [6.45, 7) is 9.93. The maximum atomic E-state index is 13.1. The molecule has 2 aromatic rings. The maximum absolute atomic E-state index is 13.1. The van der Waals surface area contributed by atoms with Gasteiger partial charge >= 0.3 is 5.04 Å². The van der Waals surface area contributed by atoms with E-state index < -0.39 is 26.1 Å². The highest BCUT2D eigenvalue weighted by Gasteiger charge is 2.43. The number of rotatable bonds is 10. The molecular weight excluding hydrogens is 428 g/mol. The highest BCUT2D eigenvalue weighted by atomic mass is 32.2. The molecular formula is C24H32N2O5S. The predicted molar refractivity (Wildman–Crippen MR) is 125 cm³/mol. The Kier molecular flexibility index (Phi) is 8.58. The van der Waals surface area contributed by atoms with Crippen LogP contribution in [0, 0.1) is 5.41 Å². The van der Waals surface area contributed by atoms with Crippen LogP contribution in [-0.2, 0) is 14.6 Å². The van der Waals surface area contributed by atoms with Crippen molar-refractivity contribution in [2.24, 2.45) is 5.41 Å². The first-order chi connectivity index (χ1) is 15.1. The second-order valence-electron chi connectivity index (χ2n) is 8.70. The summed E-state index contributed by atoms with van der Waals surface area (Å²) in [6, 6.07) is 8.05. The molecule has 0 saturated carbocycles. The van der Waals surface area contributed by atoms with Crippen molar-refractivity contribution < 1.29 is 27.5 Å². The molecule has 0 heterocycles. The fraction of sp³-hybridized carbons (Fsp3) is 0.500. The number of benzene rings is 2. The first-order valence-electron chi connectivity index (χ1n) is 10.9. The molecule has 0 saturated heterocycles. The molecule has 0 N–H and O–H groups in total. The van der Waals surface area contributed by atoms with E-state index in [0.717, 1.165) is 31.1 Å². The summed E-state index contributed by atoms with van der Waals surface area (Å²) in [5.74, 6) is 0.389.